The zero-order chi connectivity index (χ0) is 22.7. The van der Waals surface area contributed by atoms with Crippen LogP contribution < -0.4 is 10.1 Å². The van der Waals surface area contributed by atoms with E-state index in [4.69, 9.17) is 4.74 Å². The Morgan fingerprint density at radius 3 is 2.12 bits per heavy atom. The molecule has 0 saturated carbocycles. The normalized spacial score (nSPS) is 16.2. The van der Waals surface area contributed by atoms with Crippen LogP contribution in [0, 0.1) is 0 Å². The van der Waals surface area contributed by atoms with Crippen LogP contribution in [0.5, 0.6) is 5.75 Å². The summed E-state index contributed by atoms with van der Waals surface area (Å²) in [5.74, 6) is -0.582. The summed E-state index contributed by atoms with van der Waals surface area (Å²) in [5, 5.41) is 3.01. The minimum atomic E-state index is -0.434. The van der Waals surface area contributed by atoms with Gasteiger partial charge in [0, 0.05) is 24.7 Å². The van der Waals surface area contributed by atoms with Gasteiger partial charge < -0.3 is 15.0 Å². The van der Waals surface area contributed by atoms with Gasteiger partial charge in [-0.05, 0) is 56.2 Å². The second-order valence-corrected chi connectivity index (χ2v) is 7.83. The van der Waals surface area contributed by atoms with Crippen LogP contribution in [0.3, 0.4) is 0 Å². The number of benzene rings is 2. The molecule has 2 aromatic rings. The molecule has 2 aliphatic heterocycles. The standard InChI is InChI=1S/C24H25N3O5/c1-2-32-18-9-7-16(8-10-18)22(29)25-17-11-13-26(14-12-17)21(28)15-27-23(30)19-5-3-4-6-20(19)24(27)31/h3-10,17H,2,11-15H2,1H3,(H,25,29). The summed E-state index contributed by atoms with van der Waals surface area (Å²) >= 11 is 0. The largest absolute Gasteiger partial charge is 0.494 e. The molecule has 2 aromatic carbocycles. The summed E-state index contributed by atoms with van der Waals surface area (Å²) in [7, 11) is 0. The van der Waals surface area contributed by atoms with E-state index in [-0.39, 0.29) is 24.4 Å². The van der Waals surface area contributed by atoms with Crippen molar-refractivity contribution in [2.24, 2.45) is 0 Å². The van der Waals surface area contributed by atoms with Crippen molar-refractivity contribution in [1.82, 2.24) is 15.1 Å². The maximum absolute atomic E-state index is 12.7. The number of hydrogen-bond donors (Lipinski definition) is 1. The smallest absolute Gasteiger partial charge is 0.262 e. The van der Waals surface area contributed by atoms with Crippen LogP contribution in [0.2, 0.25) is 0 Å². The highest BCUT2D eigenvalue weighted by atomic mass is 16.5. The summed E-state index contributed by atoms with van der Waals surface area (Å²) in [4.78, 5) is 52.8. The highest BCUT2D eigenvalue weighted by Crippen LogP contribution is 2.23. The molecule has 4 rings (SSSR count). The number of nitrogens with zero attached hydrogens (tertiary/aromatic N) is 2. The number of imide groups is 1. The highest BCUT2D eigenvalue weighted by molar-refractivity contribution is 6.22. The van der Waals surface area contributed by atoms with Crippen LogP contribution >= 0.6 is 0 Å². The predicted octanol–water partition coefficient (Wildman–Crippen LogP) is 2.10. The number of nitrogens with one attached hydrogen (secondary N) is 1. The SMILES string of the molecule is CCOc1ccc(C(=O)NC2CCN(C(=O)CN3C(=O)c4ccccc4C3=O)CC2)cc1. The van der Waals surface area contributed by atoms with Crippen LogP contribution in [0.25, 0.3) is 0 Å². The van der Waals surface area contributed by atoms with E-state index in [1.807, 2.05) is 6.92 Å². The molecule has 0 radical (unpaired) electrons. The third kappa shape index (κ3) is 4.34. The van der Waals surface area contributed by atoms with Gasteiger partial charge in [-0.3, -0.25) is 24.1 Å². The molecule has 0 aliphatic carbocycles. The van der Waals surface area contributed by atoms with Gasteiger partial charge in [0.25, 0.3) is 17.7 Å². The van der Waals surface area contributed by atoms with Gasteiger partial charge in [0.15, 0.2) is 0 Å². The zero-order valence-corrected chi connectivity index (χ0v) is 17.9. The number of amides is 4. The van der Waals surface area contributed by atoms with Crippen LogP contribution in [0.15, 0.2) is 48.5 Å². The first-order chi connectivity index (χ1) is 15.5. The number of ether oxygens (including phenoxy) is 1. The van der Waals surface area contributed by atoms with Gasteiger partial charge in [-0.25, -0.2) is 0 Å². The van der Waals surface area contributed by atoms with Crippen molar-refractivity contribution in [2.75, 3.05) is 26.2 Å². The van der Waals surface area contributed by atoms with Gasteiger partial charge in [-0.2, -0.15) is 0 Å². The van der Waals surface area contributed by atoms with Gasteiger partial charge in [0.05, 0.1) is 17.7 Å². The molecule has 0 unspecified atom stereocenters. The molecule has 1 saturated heterocycles. The van der Waals surface area contributed by atoms with Crippen molar-refractivity contribution < 1.29 is 23.9 Å². The van der Waals surface area contributed by atoms with Crippen LogP contribution in [-0.2, 0) is 4.79 Å². The Labute approximate surface area is 186 Å². The average molecular weight is 435 g/mol. The fourth-order valence-corrected chi connectivity index (χ4v) is 4.03. The monoisotopic (exact) mass is 435 g/mol. The lowest BCUT2D eigenvalue weighted by Crippen LogP contribution is -2.49. The third-order valence-electron chi connectivity index (χ3n) is 5.78. The summed E-state index contributed by atoms with van der Waals surface area (Å²) in [6.07, 6.45) is 1.22. The van der Waals surface area contributed by atoms with Gasteiger partial charge in [-0.15, -0.1) is 0 Å². The molecular formula is C24H25N3O5. The topological polar surface area (TPSA) is 96.0 Å². The molecule has 4 amide bonds. The first-order valence-corrected chi connectivity index (χ1v) is 10.7. The molecule has 32 heavy (non-hydrogen) atoms. The van der Waals surface area contributed by atoms with Crippen molar-refractivity contribution >= 4 is 23.6 Å². The lowest BCUT2D eigenvalue weighted by Gasteiger charge is -2.33. The molecule has 0 aromatic heterocycles. The summed E-state index contributed by atoms with van der Waals surface area (Å²) in [6, 6.07) is 13.5. The van der Waals surface area contributed by atoms with Crippen molar-refractivity contribution in [1.29, 1.82) is 0 Å². The molecule has 0 atom stereocenters. The summed E-state index contributed by atoms with van der Waals surface area (Å²) in [5.41, 5.74) is 1.22. The second-order valence-electron chi connectivity index (χ2n) is 7.83. The van der Waals surface area contributed by atoms with Crippen LogP contribution in [0.1, 0.15) is 50.8 Å². The van der Waals surface area contributed by atoms with Crippen LogP contribution in [-0.4, -0.2) is 65.7 Å². The molecule has 2 aliphatic rings. The van der Waals surface area contributed by atoms with Crippen molar-refractivity contribution in [3.05, 3.63) is 65.2 Å². The lowest BCUT2D eigenvalue weighted by molar-refractivity contribution is -0.132. The van der Waals surface area contributed by atoms with E-state index in [2.05, 4.69) is 5.32 Å². The minimum Gasteiger partial charge on any atom is -0.494 e. The van der Waals surface area contributed by atoms with Gasteiger partial charge in [-0.1, -0.05) is 12.1 Å². The lowest BCUT2D eigenvalue weighted by atomic mass is 10.0. The average Bonchev–Trinajstić information content (AvgIpc) is 3.05. The van der Waals surface area contributed by atoms with Gasteiger partial charge >= 0.3 is 0 Å². The Balaban J connectivity index is 1.27. The highest BCUT2D eigenvalue weighted by Gasteiger charge is 2.37. The van der Waals surface area contributed by atoms with E-state index in [1.54, 1.807) is 53.4 Å². The molecule has 0 spiro atoms. The molecule has 2 heterocycles. The number of carbonyl (C=O) groups is 4. The maximum atomic E-state index is 12.7. The summed E-state index contributed by atoms with van der Waals surface area (Å²) < 4.78 is 5.39. The fraction of sp³-hybridized carbons (Fsp3) is 0.333. The van der Waals surface area contributed by atoms with E-state index in [1.165, 1.54) is 0 Å². The van der Waals surface area contributed by atoms with Gasteiger partial charge in [0.1, 0.15) is 12.3 Å². The number of fused-ring (bicyclic) bond motifs is 1. The quantitative estimate of drug-likeness (QED) is 0.701. The van der Waals surface area contributed by atoms with Crippen molar-refractivity contribution in [2.45, 2.75) is 25.8 Å². The van der Waals surface area contributed by atoms with Gasteiger partial charge in [0.2, 0.25) is 5.91 Å². The van der Waals surface area contributed by atoms with Crippen molar-refractivity contribution in [3.8, 4) is 5.75 Å². The number of carbonyl (C=O) groups excluding carboxylic acids is 4. The Morgan fingerprint density at radius 1 is 0.969 bits per heavy atom. The predicted molar refractivity (Wildman–Crippen MR) is 116 cm³/mol. The summed E-state index contributed by atoms with van der Waals surface area (Å²) in [6.45, 7) is 3.11. The number of likely N-dealkylation sites (tertiary alicyclic amines) is 1. The van der Waals surface area contributed by atoms with E-state index in [9.17, 15) is 19.2 Å². The van der Waals surface area contributed by atoms with E-state index < -0.39 is 11.8 Å². The first-order valence-electron chi connectivity index (χ1n) is 10.7. The van der Waals surface area contributed by atoms with E-state index >= 15 is 0 Å². The van der Waals surface area contributed by atoms with Crippen molar-refractivity contribution in [3.63, 3.8) is 0 Å². The molecular weight excluding hydrogens is 410 g/mol. The molecule has 8 nitrogen and oxygen atoms in total. The third-order valence-corrected chi connectivity index (χ3v) is 5.78. The molecule has 166 valence electrons. The Morgan fingerprint density at radius 2 is 1.56 bits per heavy atom. The Hall–Kier alpha value is -3.68. The van der Waals surface area contributed by atoms with E-state index in [0.29, 0.717) is 55.0 Å². The number of hydrogen-bond acceptors (Lipinski definition) is 5. The molecule has 8 heteroatoms. The molecule has 1 N–H and O–H groups in total. The minimum absolute atomic E-state index is 0.0441. The molecule has 0 bridgehead atoms. The van der Waals surface area contributed by atoms with Crippen LogP contribution in [0.4, 0.5) is 0 Å². The first kappa shape index (κ1) is 21.5. The Bertz CT molecular complexity index is 1010. The Kier molecular flexibility index (Phi) is 6.20. The van der Waals surface area contributed by atoms with E-state index in [0.717, 1.165) is 4.90 Å². The molecule has 1 fully saturated rings. The zero-order valence-electron chi connectivity index (χ0n) is 17.9. The maximum Gasteiger partial charge on any atom is 0.262 e. The fourth-order valence-electron chi connectivity index (χ4n) is 4.03. The second kappa shape index (κ2) is 9.21. The number of piperidine rings is 1. The number of rotatable bonds is 6.